The maximum Gasteiger partial charge on any atom is 0.237 e. The molecule has 0 radical (unpaired) electrons. The SMILES string of the molecule is CN[C@@H](CCCCN(C)C)C(=O)NCC(C)OC. The molecule has 0 saturated heterocycles. The minimum absolute atomic E-state index is 0.0557. The number of amides is 1. The summed E-state index contributed by atoms with van der Waals surface area (Å²) >= 11 is 0. The molecule has 0 rings (SSSR count). The number of nitrogens with one attached hydrogen (secondary N) is 2. The Morgan fingerprint density at radius 1 is 1.33 bits per heavy atom. The second-order valence-corrected chi connectivity index (χ2v) is 4.93. The maximum absolute atomic E-state index is 11.9. The summed E-state index contributed by atoms with van der Waals surface area (Å²) in [5.74, 6) is 0.0613. The first-order valence-electron chi connectivity index (χ1n) is 6.63. The van der Waals surface area contributed by atoms with Gasteiger partial charge in [-0.15, -0.1) is 0 Å². The highest BCUT2D eigenvalue weighted by Crippen LogP contribution is 2.02. The predicted molar refractivity (Wildman–Crippen MR) is 74.7 cm³/mol. The van der Waals surface area contributed by atoms with Crippen LogP contribution < -0.4 is 10.6 Å². The number of methoxy groups -OCH3 is 1. The lowest BCUT2D eigenvalue weighted by Gasteiger charge is -2.18. The fourth-order valence-corrected chi connectivity index (χ4v) is 1.63. The molecule has 0 bridgehead atoms. The highest BCUT2D eigenvalue weighted by atomic mass is 16.5. The fourth-order valence-electron chi connectivity index (χ4n) is 1.63. The molecule has 1 amide bonds. The Bertz CT molecular complexity index is 222. The van der Waals surface area contributed by atoms with Crippen LogP contribution in [0.25, 0.3) is 0 Å². The van der Waals surface area contributed by atoms with Crippen LogP contribution in [-0.2, 0) is 9.53 Å². The van der Waals surface area contributed by atoms with Crippen molar-refractivity contribution in [2.24, 2.45) is 0 Å². The molecular formula is C13H29N3O2. The molecule has 2 atom stereocenters. The van der Waals surface area contributed by atoms with Gasteiger partial charge in [-0.1, -0.05) is 6.42 Å². The van der Waals surface area contributed by atoms with E-state index in [-0.39, 0.29) is 18.1 Å². The van der Waals surface area contributed by atoms with Gasteiger partial charge in [-0.3, -0.25) is 4.79 Å². The molecule has 0 heterocycles. The first-order valence-corrected chi connectivity index (χ1v) is 6.63. The second-order valence-electron chi connectivity index (χ2n) is 4.93. The molecule has 1 unspecified atom stereocenters. The van der Waals surface area contributed by atoms with Crippen LogP contribution in [0.1, 0.15) is 26.2 Å². The van der Waals surface area contributed by atoms with E-state index in [4.69, 9.17) is 4.74 Å². The van der Waals surface area contributed by atoms with Crippen molar-refractivity contribution in [3.8, 4) is 0 Å². The van der Waals surface area contributed by atoms with Crippen molar-refractivity contribution >= 4 is 5.91 Å². The molecule has 108 valence electrons. The van der Waals surface area contributed by atoms with E-state index in [0.717, 1.165) is 25.8 Å². The molecule has 18 heavy (non-hydrogen) atoms. The summed E-state index contributed by atoms with van der Waals surface area (Å²) in [6, 6.07) is -0.101. The Morgan fingerprint density at radius 3 is 2.50 bits per heavy atom. The average Bonchev–Trinajstić information content (AvgIpc) is 2.35. The Balaban J connectivity index is 3.82. The van der Waals surface area contributed by atoms with Gasteiger partial charge in [-0.25, -0.2) is 0 Å². The molecule has 0 spiro atoms. The molecule has 0 aromatic carbocycles. The van der Waals surface area contributed by atoms with Gasteiger partial charge in [0.25, 0.3) is 0 Å². The zero-order chi connectivity index (χ0) is 14.0. The molecule has 5 heteroatoms. The van der Waals surface area contributed by atoms with E-state index in [9.17, 15) is 4.79 Å². The summed E-state index contributed by atoms with van der Waals surface area (Å²) in [6.45, 7) is 3.57. The number of ether oxygens (including phenoxy) is 1. The zero-order valence-corrected chi connectivity index (χ0v) is 12.5. The first kappa shape index (κ1) is 17.4. The number of hydrogen-bond donors (Lipinski definition) is 2. The van der Waals surface area contributed by atoms with Crippen LogP contribution in [0.5, 0.6) is 0 Å². The van der Waals surface area contributed by atoms with Gasteiger partial charge in [0.1, 0.15) is 0 Å². The monoisotopic (exact) mass is 259 g/mol. The number of carbonyl (C=O) groups is 1. The molecule has 0 aliphatic rings. The Hall–Kier alpha value is -0.650. The maximum atomic E-state index is 11.9. The van der Waals surface area contributed by atoms with Gasteiger partial charge >= 0.3 is 0 Å². The molecule has 0 fully saturated rings. The molecule has 0 saturated carbocycles. The van der Waals surface area contributed by atoms with Crippen LogP contribution in [0.2, 0.25) is 0 Å². The van der Waals surface area contributed by atoms with E-state index in [1.165, 1.54) is 0 Å². The minimum Gasteiger partial charge on any atom is -0.380 e. The van der Waals surface area contributed by atoms with E-state index >= 15 is 0 Å². The Kier molecular flexibility index (Phi) is 9.92. The van der Waals surface area contributed by atoms with Gasteiger partial charge in [0, 0.05) is 13.7 Å². The van der Waals surface area contributed by atoms with E-state index < -0.39 is 0 Å². The lowest BCUT2D eigenvalue weighted by atomic mass is 10.1. The molecule has 0 aliphatic carbocycles. The number of carbonyl (C=O) groups excluding carboxylic acids is 1. The van der Waals surface area contributed by atoms with Crippen molar-refractivity contribution in [3.63, 3.8) is 0 Å². The van der Waals surface area contributed by atoms with Gasteiger partial charge in [-0.05, 0) is 47.5 Å². The van der Waals surface area contributed by atoms with Crippen LogP contribution in [0, 0.1) is 0 Å². The summed E-state index contributed by atoms with van der Waals surface area (Å²) < 4.78 is 5.10. The predicted octanol–water partition coefficient (Wildman–Crippen LogP) is 0.457. The largest absolute Gasteiger partial charge is 0.380 e. The van der Waals surface area contributed by atoms with Gasteiger partial charge in [-0.2, -0.15) is 0 Å². The highest BCUT2D eigenvalue weighted by Gasteiger charge is 2.16. The fraction of sp³-hybridized carbons (Fsp3) is 0.923. The first-order chi connectivity index (χ1) is 8.51. The van der Waals surface area contributed by atoms with E-state index in [0.29, 0.717) is 6.54 Å². The van der Waals surface area contributed by atoms with Crippen LogP contribution in [-0.4, -0.2) is 64.3 Å². The van der Waals surface area contributed by atoms with Crippen molar-refractivity contribution in [2.75, 3.05) is 41.3 Å². The summed E-state index contributed by atoms with van der Waals surface area (Å²) in [7, 11) is 7.60. The quantitative estimate of drug-likeness (QED) is 0.560. The Labute approximate surface area is 111 Å². The van der Waals surface area contributed by atoms with Gasteiger partial charge in [0.05, 0.1) is 12.1 Å². The number of hydrogen-bond acceptors (Lipinski definition) is 4. The molecule has 2 N–H and O–H groups in total. The number of likely N-dealkylation sites (N-methyl/N-ethyl adjacent to an activating group) is 1. The van der Waals surface area contributed by atoms with Crippen molar-refractivity contribution in [3.05, 3.63) is 0 Å². The molecule has 0 aliphatic heterocycles. The molecular weight excluding hydrogens is 230 g/mol. The molecule has 0 aromatic heterocycles. The smallest absolute Gasteiger partial charge is 0.237 e. The van der Waals surface area contributed by atoms with E-state index in [1.807, 2.05) is 14.0 Å². The number of unbranched alkanes of at least 4 members (excludes halogenated alkanes) is 1. The third-order valence-corrected chi connectivity index (χ3v) is 2.98. The van der Waals surface area contributed by atoms with E-state index in [1.54, 1.807) is 7.11 Å². The lowest BCUT2D eigenvalue weighted by Crippen LogP contribution is -2.44. The van der Waals surface area contributed by atoms with Crippen LogP contribution in [0.15, 0.2) is 0 Å². The normalized spacial score (nSPS) is 14.6. The van der Waals surface area contributed by atoms with Crippen LogP contribution in [0.3, 0.4) is 0 Å². The molecule has 0 aromatic rings. The van der Waals surface area contributed by atoms with Gasteiger partial charge < -0.3 is 20.3 Å². The van der Waals surface area contributed by atoms with Gasteiger partial charge in [0.15, 0.2) is 0 Å². The van der Waals surface area contributed by atoms with Crippen molar-refractivity contribution in [1.29, 1.82) is 0 Å². The Morgan fingerprint density at radius 2 is 2.00 bits per heavy atom. The third-order valence-electron chi connectivity index (χ3n) is 2.98. The second kappa shape index (κ2) is 10.3. The number of nitrogens with zero attached hydrogens (tertiary/aromatic N) is 1. The minimum atomic E-state index is -0.101. The summed E-state index contributed by atoms with van der Waals surface area (Å²) in [5, 5.41) is 5.96. The van der Waals surface area contributed by atoms with Crippen molar-refractivity contribution in [2.45, 2.75) is 38.3 Å². The third kappa shape index (κ3) is 8.44. The van der Waals surface area contributed by atoms with E-state index in [2.05, 4.69) is 29.6 Å². The average molecular weight is 259 g/mol. The standard InChI is InChI=1S/C13H29N3O2/c1-11(18-5)10-15-13(17)12(14-2)8-6-7-9-16(3)4/h11-12,14H,6-10H2,1-5H3,(H,15,17)/t11?,12-/m0/s1. The van der Waals surface area contributed by atoms with Gasteiger partial charge in [0.2, 0.25) is 5.91 Å². The van der Waals surface area contributed by atoms with Crippen LogP contribution >= 0.6 is 0 Å². The number of rotatable bonds is 10. The van der Waals surface area contributed by atoms with Crippen molar-refractivity contribution < 1.29 is 9.53 Å². The summed E-state index contributed by atoms with van der Waals surface area (Å²) in [6.07, 6.45) is 3.10. The highest BCUT2D eigenvalue weighted by molar-refractivity contribution is 5.81. The summed E-state index contributed by atoms with van der Waals surface area (Å²) in [5.41, 5.74) is 0. The van der Waals surface area contributed by atoms with Crippen LogP contribution in [0.4, 0.5) is 0 Å². The summed E-state index contributed by atoms with van der Waals surface area (Å²) in [4.78, 5) is 14.0. The molecule has 5 nitrogen and oxygen atoms in total. The topological polar surface area (TPSA) is 53.6 Å². The zero-order valence-electron chi connectivity index (χ0n) is 12.5. The lowest BCUT2D eigenvalue weighted by molar-refractivity contribution is -0.123. The van der Waals surface area contributed by atoms with Crippen molar-refractivity contribution in [1.82, 2.24) is 15.5 Å².